The third-order valence-electron chi connectivity index (χ3n) is 5.51. The largest absolute Gasteiger partial charge is 0.339 e. The molecule has 138 valence electrons. The van der Waals surface area contributed by atoms with Gasteiger partial charge in [-0.3, -0.25) is 4.79 Å². The van der Waals surface area contributed by atoms with Crippen molar-refractivity contribution >= 4 is 34.2 Å². The molecule has 2 fully saturated rings. The molecule has 0 aromatic heterocycles. The van der Waals surface area contributed by atoms with Crippen molar-refractivity contribution in [1.29, 1.82) is 0 Å². The molecule has 0 unspecified atom stereocenters. The van der Waals surface area contributed by atoms with Gasteiger partial charge in [0.2, 0.25) is 0 Å². The molecule has 7 nitrogen and oxygen atoms in total. The molecular weight excluding hydrogens is 364 g/mol. The van der Waals surface area contributed by atoms with Crippen LogP contribution < -0.4 is 5.32 Å². The molecule has 2 saturated heterocycles. The molecule has 25 heavy (non-hydrogen) atoms. The first-order valence-electron chi connectivity index (χ1n) is 8.46. The second-order valence-corrected chi connectivity index (χ2v) is 8.82. The fourth-order valence-electron chi connectivity index (χ4n) is 3.92. The van der Waals surface area contributed by atoms with Gasteiger partial charge in [0.1, 0.15) is 5.84 Å². The van der Waals surface area contributed by atoms with Crippen LogP contribution in [0.5, 0.6) is 0 Å². The molecule has 4 heterocycles. The van der Waals surface area contributed by atoms with E-state index in [9.17, 15) is 13.2 Å². The molecule has 4 rings (SSSR count). The van der Waals surface area contributed by atoms with E-state index < -0.39 is 10.0 Å². The van der Waals surface area contributed by atoms with Crippen molar-refractivity contribution in [1.82, 2.24) is 15.1 Å². The average molecular weight is 387 g/mol. The van der Waals surface area contributed by atoms with Gasteiger partial charge >= 0.3 is 0 Å². The van der Waals surface area contributed by atoms with Crippen molar-refractivity contribution in [3.8, 4) is 0 Å². The predicted octanol–water partition coefficient (Wildman–Crippen LogP) is 0.508. The van der Waals surface area contributed by atoms with Gasteiger partial charge in [-0.15, -0.1) is 16.8 Å². The minimum absolute atomic E-state index is 0. The van der Waals surface area contributed by atoms with Gasteiger partial charge in [0.05, 0.1) is 11.3 Å². The molecule has 4 aliphatic rings. The molecule has 1 amide bonds. The topological polar surface area (TPSA) is 82.1 Å². The number of carbonyl (C=O) groups is 1. The van der Waals surface area contributed by atoms with Gasteiger partial charge in [0.15, 0.2) is 0 Å². The van der Waals surface area contributed by atoms with Gasteiger partial charge in [-0.2, -0.15) is 0 Å². The molecule has 0 aromatic rings. The number of nitrogens with zero attached hydrogens (tertiary/aromatic N) is 3. The molecule has 0 bridgehead atoms. The van der Waals surface area contributed by atoms with E-state index in [1.165, 1.54) is 6.42 Å². The highest BCUT2D eigenvalue weighted by Gasteiger charge is 2.38. The minimum atomic E-state index is -3.36. The van der Waals surface area contributed by atoms with Crippen LogP contribution in [0.3, 0.4) is 0 Å². The third kappa shape index (κ3) is 3.61. The average Bonchev–Trinajstić information content (AvgIpc) is 3.02. The zero-order valence-electron chi connectivity index (χ0n) is 14.0. The van der Waals surface area contributed by atoms with Gasteiger partial charge in [-0.25, -0.2) is 8.42 Å². The van der Waals surface area contributed by atoms with Crippen LogP contribution >= 0.6 is 12.4 Å². The predicted molar refractivity (Wildman–Crippen MR) is 98.1 cm³/mol. The third-order valence-corrected chi connectivity index (χ3v) is 6.68. The summed E-state index contributed by atoms with van der Waals surface area (Å²) >= 11 is 0. The van der Waals surface area contributed by atoms with Crippen molar-refractivity contribution in [2.24, 2.45) is 9.81 Å². The van der Waals surface area contributed by atoms with Crippen LogP contribution in [0.2, 0.25) is 0 Å². The Balaban J connectivity index is 0.00000182. The summed E-state index contributed by atoms with van der Waals surface area (Å²) in [5.74, 6) is 0.411. The maximum absolute atomic E-state index is 12.8. The molecular formula is C16H23ClN4O3S. The van der Waals surface area contributed by atoms with Crippen LogP contribution in [0.1, 0.15) is 19.3 Å². The Labute approximate surface area is 154 Å². The number of rotatable bonds is 1. The normalized spacial score (nSPS) is 26.6. The summed E-state index contributed by atoms with van der Waals surface area (Å²) in [6.07, 6.45) is 8.35. The number of fused-ring (bicyclic) bond motifs is 1. The quantitative estimate of drug-likeness (QED) is 0.710. The number of sulfonamides is 1. The highest BCUT2D eigenvalue weighted by Crippen LogP contribution is 2.37. The van der Waals surface area contributed by atoms with Crippen molar-refractivity contribution in [2.75, 3.05) is 38.5 Å². The molecule has 1 N–H and O–H groups in total. The van der Waals surface area contributed by atoms with Gasteiger partial charge in [-0.1, -0.05) is 0 Å². The summed E-state index contributed by atoms with van der Waals surface area (Å²) in [5, 5.41) is 3.43. The summed E-state index contributed by atoms with van der Waals surface area (Å²) in [7, 11) is -3.36. The van der Waals surface area contributed by atoms with Gasteiger partial charge in [-0.05, 0) is 43.4 Å². The number of hydrogen-bond donors (Lipinski definition) is 1. The fraction of sp³-hybridized carbons (Fsp3) is 0.625. The van der Waals surface area contributed by atoms with Crippen LogP contribution in [0.15, 0.2) is 28.3 Å². The molecule has 0 aromatic carbocycles. The van der Waals surface area contributed by atoms with Crippen molar-refractivity contribution < 1.29 is 13.2 Å². The number of nitrogens with one attached hydrogen (secondary N) is 1. The van der Waals surface area contributed by atoms with Gasteiger partial charge in [0, 0.05) is 32.4 Å². The molecule has 0 aliphatic carbocycles. The molecule has 0 saturated carbocycles. The lowest BCUT2D eigenvalue weighted by atomic mass is 9.78. The standard InChI is InChI=1S/C16H22N4O3S.ClH/c21-15(19-7-4-16(5-8-19)3-6-17-12-16)13-1-2-14-18-24(22,23)10-9-20(14)11-13;/h1-2,11,17H,3-10,12H2;1H. The first-order valence-corrected chi connectivity index (χ1v) is 10.1. The summed E-state index contributed by atoms with van der Waals surface area (Å²) in [6.45, 7) is 4.08. The smallest absolute Gasteiger partial charge is 0.256 e. The Morgan fingerprint density at radius 3 is 2.60 bits per heavy atom. The maximum atomic E-state index is 12.8. The number of likely N-dealkylation sites (tertiary alicyclic amines) is 1. The van der Waals surface area contributed by atoms with E-state index in [2.05, 4.69) is 9.71 Å². The highest BCUT2D eigenvalue weighted by molar-refractivity contribution is 7.90. The highest BCUT2D eigenvalue weighted by atomic mass is 35.5. The Morgan fingerprint density at radius 2 is 1.92 bits per heavy atom. The zero-order valence-corrected chi connectivity index (χ0v) is 15.6. The number of amides is 1. The van der Waals surface area contributed by atoms with Crippen LogP contribution in [0.4, 0.5) is 0 Å². The van der Waals surface area contributed by atoms with Crippen LogP contribution in [-0.4, -0.2) is 68.4 Å². The van der Waals surface area contributed by atoms with Crippen LogP contribution in [0, 0.1) is 5.41 Å². The lowest BCUT2D eigenvalue weighted by Gasteiger charge is -2.39. The van der Waals surface area contributed by atoms with Crippen molar-refractivity contribution in [3.05, 3.63) is 23.9 Å². The number of carbonyl (C=O) groups excluding carboxylic acids is 1. The molecule has 9 heteroatoms. The Kier molecular flexibility index (Phi) is 4.96. The molecule has 0 atom stereocenters. The first-order chi connectivity index (χ1) is 11.5. The number of amidine groups is 1. The van der Waals surface area contributed by atoms with E-state index in [-0.39, 0.29) is 24.1 Å². The van der Waals surface area contributed by atoms with E-state index in [1.54, 1.807) is 23.3 Å². The fourth-order valence-corrected chi connectivity index (χ4v) is 4.89. The van der Waals surface area contributed by atoms with Gasteiger partial charge in [0.25, 0.3) is 15.9 Å². The van der Waals surface area contributed by atoms with E-state index >= 15 is 0 Å². The Morgan fingerprint density at radius 1 is 1.16 bits per heavy atom. The first kappa shape index (κ1) is 18.4. The van der Waals surface area contributed by atoms with E-state index in [0.29, 0.717) is 23.4 Å². The van der Waals surface area contributed by atoms with Crippen molar-refractivity contribution in [2.45, 2.75) is 19.3 Å². The summed E-state index contributed by atoms with van der Waals surface area (Å²) < 4.78 is 26.8. The molecule has 4 aliphatic heterocycles. The summed E-state index contributed by atoms with van der Waals surface area (Å²) in [6, 6.07) is 0. The zero-order chi connectivity index (χ0) is 16.8. The Bertz CT molecular complexity index is 743. The van der Waals surface area contributed by atoms with Gasteiger partial charge < -0.3 is 15.1 Å². The van der Waals surface area contributed by atoms with Crippen LogP contribution in [0.25, 0.3) is 0 Å². The van der Waals surface area contributed by atoms with E-state index in [4.69, 9.17) is 0 Å². The Hall–Kier alpha value is -1.38. The minimum Gasteiger partial charge on any atom is -0.339 e. The summed E-state index contributed by atoms with van der Waals surface area (Å²) in [4.78, 5) is 16.4. The lowest BCUT2D eigenvalue weighted by Crippen LogP contribution is -2.45. The number of halogens is 1. The summed E-state index contributed by atoms with van der Waals surface area (Å²) in [5.41, 5.74) is 0.989. The lowest BCUT2D eigenvalue weighted by molar-refractivity contribution is -0.129. The number of piperidine rings is 1. The SMILES string of the molecule is Cl.O=C(C1=CN2CCS(=O)(=O)N=C2C=C1)N1CCC2(CCNC2)CC1. The number of hydrogen-bond acceptors (Lipinski definition) is 5. The maximum Gasteiger partial charge on any atom is 0.256 e. The van der Waals surface area contributed by atoms with Crippen molar-refractivity contribution in [3.63, 3.8) is 0 Å². The second kappa shape index (κ2) is 6.74. The van der Waals surface area contributed by atoms with E-state index in [1.807, 2.05) is 4.90 Å². The molecule has 1 spiro atoms. The van der Waals surface area contributed by atoms with Crippen LogP contribution in [-0.2, 0) is 14.8 Å². The second-order valence-electron chi connectivity index (χ2n) is 7.07. The molecule has 0 radical (unpaired) electrons. The van der Waals surface area contributed by atoms with E-state index in [0.717, 1.165) is 39.0 Å². The monoisotopic (exact) mass is 386 g/mol.